The lowest BCUT2D eigenvalue weighted by atomic mass is 10.2. The second-order valence-corrected chi connectivity index (χ2v) is 6.31. The Morgan fingerprint density at radius 2 is 1.43 bits per heavy atom. The average molecular weight is 326 g/mol. The van der Waals surface area contributed by atoms with Crippen molar-refractivity contribution >= 4 is 16.1 Å². The first-order chi connectivity index (χ1) is 9.93. The molecule has 0 bridgehead atoms. The largest absolute Gasteiger partial charge is 0.469 e. The van der Waals surface area contributed by atoms with Crippen LogP contribution in [0.25, 0.3) is 0 Å². The van der Waals surface area contributed by atoms with Crippen molar-refractivity contribution in [1.82, 2.24) is 0 Å². The first kappa shape index (κ1) is 22.6. The smallest absolute Gasteiger partial charge is 0.305 e. The van der Waals surface area contributed by atoms with Gasteiger partial charge in [-0.05, 0) is 38.8 Å². The Labute approximate surface area is 128 Å². The molecule has 128 valence electrons. The summed E-state index contributed by atoms with van der Waals surface area (Å²) in [5, 5.41) is 0. The molecule has 21 heavy (non-hydrogen) atoms. The molecule has 0 aromatic heterocycles. The van der Waals surface area contributed by atoms with E-state index in [1.165, 1.54) is 14.2 Å². The van der Waals surface area contributed by atoms with Crippen LogP contribution in [0.1, 0.15) is 44.9 Å². The van der Waals surface area contributed by atoms with Gasteiger partial charge in [-0.25, -0.2) is 0 Å². The third-order valence-corrected chi connectivity index (χ3v) is 3.96. The van der Waals surface area contributed by atoms with Crippen molar-refractivity contribution in [2.75, 3.05) is 33.1 Å². The van der Waals surface area contributed by atoms with Gasteiger partial charge in [-0.3, -0.25) is 8.98 Å². The van der Waals surface area contributed by atoms with E-state index in [0.717, 1.165) is 32.1 Å². The number of nitrogens with two attached hydrogens (primary N) is 2. The molecule has 0 aliphatic heterocycles. The first-order valence-electron chi connectivity index (χ1n) is 7.18. The van der Waals surface area contributed by atoms with Gasteiger partial charge in [0.25, 0.3) is 10.1 Å². The van der Waals surface area contributed by atoms with Gasteiger partial charge < -0.3 is 16.2 Å². The molecule has 0 amide bonds. The van der Waals surface area contributed by atoms with Crippen LogP contribution in [0.15, 0.2) is 0 Å². The number of carbonyl (C=O) groups excluding carboxylic acids is 1. The van der Waals surface area contributed by atoms with Crippen LogP contribution in [-0.2, 0) is 23.8 Å². The first-order valence-corrected chi connectivity index (χ1v) is 8.76. The average Bonchev–Trinajstić information content (AvgIpc) is 2.48. The zero-order chi connectivity index (χ0) is 16.6. The van der Waals surface area contributed by atoms with Gasteiger partial charge in [0.05, 0.1) is 20.0 Å². The van der Waals surface area contributed by atoms with Gasteiger partial charge in [0.15, 0.2) is 0 Å². The van der Waals surface area contributed by atoms with Crippen molar-refractivity contribution in [3.8, 4) is 0 Å². The fraction of sp³-hybridized carbons (Fsp3) is 0.923. The van der Waals surface area contributed by atoms with E-state index in [-0.39, 0.29) is 11.7 Å². The van der Waals surface area contributed by atoms with Gasteiger partial charge in [-0.2, -0.15) is 8.42 Å². The van der Waals surface area contributed by atoms with Gasteiger partial charge in [0.2, 0.25) is 0 Å². The van der Waals surface area contributed by atoms with E-state index in [1.807, 2.05) is 0 Å². The summed E-state index contributed by atoms with van der Waals surface area (Å²) in [5.41, 5.74) is 10.5. The van der Waals surface area contributed by atoms with Crippen molar-refractivity contribution in [1.29, 1.82) is 0 Å². The molecule has 0 radical (unpaired) electrons. The predicted molar refractivity (Wildman–Crippen MR) is 83.2 cm³/mol. The second kappa shape index (κ2) is 15.7. The molecule has 0 rings (SSSR count). The van der Waals surface area contributed by atoms with Crippen LogP contribution >= 0.6 is 0 Å². The van der Waals surface area contributed by atoms with Gasteiger partial charge in [-0.15, -0.1) is 0 Å². The highest BCUT2D eigenvalue weighted by atomic mass is 32.2. The predicted octanol–water partition coefficient (Wildman–Crippen LogP) is 0.770. The monoisotopic (exact) mass is 326 g/mol. The van der Waals surface area contributed by atoms with E-state index >= 15 is 0 Å². The van der Waals surface area contributed by atoms with Crippen LogP contribution in [0.4, 0.5) is 0 Å². The summed E-state index contributed by atoms with van der Waals surface area (Å²) >= 11 is 0. The quantitative estimate of drug-likeness (QED) is 0.327. The minimum atomic E-state index is -3.24. The van der Waals surface area contributed by atoms with Gasteiger partial charge in [0, 0.05) is 6.42 Å². The number of methoxy groups -OCH3 is 1. The minimum absolute atomic E-state index is 0.101. The standard InChI is InChI=1S/C7H15NO2.C6H15NO3S/c1-10-7(9)5-3-2-4-6-8;1-10-11(8,9)6-4-2-3-5-7/h2-6,8H2,1H3;2-7H2,1H3. The summed E-state index contributed by atoms with van der Waals surface area (Å²) < 4.78 is 30.1. The lowest BCUT2D eigenvalue weighted by Crippen LogP contribution is -2.08. The van der Waals surface area contributed by atoms with Crippen LogP contribution in [0, 0.1) is 0 Å². The van der Waals surface area contributed by atoms with Crippen LogP contribution in [0.3, 0.4) is 0 Å². The Kier molecular flexibility index (Phi) is 16.9. The molecule has 0 unspecified atom stereocenters. The van der Waals surface area contributed by atoms with Crippen molar-refractivity contribution in [2.24, 2.45) is 11.5 Å². The minimum Gasteiger partial charge on any atom is -0.469 e. The molecule has 0 fully saturated rings. The Morgan fingerprint density at radius 3 is 1.86 bits per heavy atom. The zero-order valence-corrected chi connectivity index (χ0v) is 14.0. The Balaban J connectivity index is 0. The molecule has 0 saturated heterocycles. The summed E-state index contributed by atoms with van der Waals surface area (Å²) in [6.45, 7) is 1.33. The highest BCUT2D eigenvalue weighted by molar-refractivity contribution is 7.86. The number of esters is 1. The molecule has 0 aromatic rings. The van der Waals surface area contributed by atoms with Crippen molar-refractivity contribution in [2.45, 2.75) is 44.9 Å². The van der Waals surface area contributed by atoms with E-state index in [9.17, 15) is 13.2 Å². The topological polar surface area (TPSA) is 122 Å². The molecule has 7 nitrogen and oxygen atoms in total. The molecular formula is C13H30N2O5S. The summed E-state index contributed by atoms with van der Waals surface area (Å²) in [5.74, 6) is -0.0271. The fourth-order valence-electron chi connectivity index (χ4n) is 1.38. The van der Waals surface area contributed by atoms with Crippen LogP contribution in [0.5, 0.6) is 0 Å². The van der Waals surface area contributed by atoms with E-state index < -0.39 is 10.1 Å². The number of hydrogen-bond donors (Lipinski definition) is 2. The molecule has 0 heterocycles. The fourth-order valence-corrected chi connectivity index (χ4v) is 2.10. The van der Waals surface area contributed by atoms with Crippen LogP contribution in [0.2, 0.25) is 0 Å². The highest BCUT2D eigenvalue weighted by Crippen LogP contribution is 1.99. The van der Waals surface area contributed by atoms with Gasteiger partial charge in [0.1, 0.15) is 0 Å². The summed E-state index contributed by atoms with van der Waals surface area (Å²) in [7, 11) is -0.654. The molecular weight excluding hydrogens is 296 g/mol. The molecule has 8 heteroatoms. The maximum Gasteiger partial charge on any atom is 0.305 e. The Morgan fingerprint density at radius 1 is 0.905 bits per heavy atom. The maximum absolute atomic E-state index is 10.7. The van der Waals surface area contributed by atoms with Crippen molar-refractivity contribution in [3.63, 3.8) is 0 Å². The molecule has 0 spiro atoms. The normalized spacial score (nSPS) is 10.7. The zero-order valence-electron chi connectivity index (χ0n) is 13.2. The SMILES string of the molecule is COC(=O)CCCCCN.COS(=O)(=O)CCCCCN. The Hall–Kier alpha value is -0.700. The van der Waals surface area contributed by atoms with E-state index in [4.69, 9.17) is 11.5 Å². The maximum atomic E-state index is 10.7. The van der Waals surface area contributed by atoms with E-state index in [0.29, 0.717) is 25.9 Å². The highest BCUT2D eigenvalue weighted by Gasteiger charge is 2.06. The molecule has 0 aliphatic rings. The summed E-state index contributed by atoms with van der Waals surface area (Å²) in [4.78, 5) is 10.5. The van der Waals surface area contributed by atoms with Crippen LogP contribution in [-0.4, -0.2) is 47.4 Å². The lowest BCUT2D eigenvalue weighted by molar-refractivity contribution is -0.140. The van der Waals surface area contributed by atoms with Gasteiger partial charge >= 0.3 is 5.97 Å². The molecule has 0 atom stereocenters. The molecule has 0 saturated carbocycles. The van der Waals surface area contributed by atoms with E-state index in [1.54, 1.807) is 0 Å². The van der Waals surface area contributed by atoms with Crippen LogP contribution < -0.4 is 11.5 Å². The number of carbonyl (C=O) groups is 1. The lowest BCUT2D eigenvalue weighted by Gasteiger charge is -1.99. The molecule has 4 N–H and O–H groups in total. The van der Waals surface area contributed by atoms with Crippen molar-refractivity contribution in [3.05, 3.63) is 0 Å². The summed E-state index contributed by atoms with van der Waals surface area (Å²) in [6, 6.07) is 0. The number of ether oxygens (including phenoxy) is 1. The second-order valence-electron chi connectivity index (χ2n) is 4.45. The number of hydrogen-bond acceptors (Lipinski definition) is 7. The third kappa shape index (κ3) is 19.3. The molecule has 0 aromatic carbocycles. The molecule has 0 aliphatic carbocycles. The van der Waals surface area contributed by atoms with E-state index in [2.05, 4.69) is 8.92 Å². The Bertz CT molecular complexity index is 333. The summed E-state index contributed by atoms with van der Waals surface area (Å²) in [6.07, 6.45) is 5.79. The third-order valence-electron chi connectivity index (χ3n) is 2.67. The number of rotatable bonds is 11. The van der Waals surface area contributed by atoms with Gasteiger partial charge in [-0.1, -0.05) is 12.8 Å². The van der Waals surface area contributed by atoms with Crippen molar-refractivity contribution < 1.29 is 22.1 Å². The number of unbranched alkanes of at least 4 members (excludes halogenated alkanes) is 4.